The lowest BCUT2D eigenvalue weighted by Gasteiger charge is -2.33. The molecule has 2 atom stereocenters. The zero-order valence-corrected chi connectivity index (χ0v) is 6.39. The minimum atomic E-state index is 0.548. The minimum Gasteiger partial charge on any atom is -0.375 e. The van der Waals surface area contributed by atoms with Gasteiger partial charge in [-0.25, -0.2) is 0 Å². The van der Waals surface area contributed by atoms with Crippen LogP contribution >= 0.6 is 0 Å². The second-order valence-electron chi connectivity index (χ2n) is 2.95. The predicted octanol–water partition coefficient (Wildman–Crippen LogP) is 2.35. The maximum absolute atomic E-state index is 5.44. The average molecular weight is 128 g/mol. The highest BCUT2D eigenvalue weighted by molar-refractivity contribution is 4.73. The number of hydrogen-bond donors (Lipinski definition) is 0. The van der Waals surface area contributed by atoms with Gasteiger partial charge in [0.05, 0.1) is 12.2 Å². The minimum absolute atomic E-state index is 0.548. The molecular weight excluding hydrogens is 112 g/mol. The third-order valence-corrected chi connectivity index (χ3v) is 1.90. The smallest absolute Gasteiger partial charge is 0.0603 e. The number of ether oxygens (including phenoxy) is 1. The number of rotatable bonds is 3. The van der Waals surface area contributed by atoms with Crippen molar-refractivity contribution in [3.05, 3.63) is 0 Å². The van der Waals surface area contributed by atoms with Crippen molar-refractivity contribution in [3.63, 3.8) is 0 Å². The molecular formula is C8H16O. The Morgan fingerprint density at radius 2 is 2.22 bits per heavy atom. The van der Waals surface area contributed by atoms with E-state index in [0.29, 0.717) is 12.2 Å². The molecule has 1 aliphatic rings. The standard InChI is InChI=1S/C8H16O/c1-3-4-5-8-6-7(2)9-8/h7-8H,3-6H2,1-2H3. The lowest BCUT2D eigenvalue weighted by molar-refractivity contribution is -0.117. The van der Waals surface area contributed by atoms with Gasteiger partial charge in [-0.05, 0) is 19.8 Å². The van der Waals surface area contributed by atoms with Gasteiger partial charge in [-0.2, -0.15) is 0 Å². The molecule has 0 aromatic heterocycles. The van der Waals surface area contributed by atoms with E-state index in [4.69, 9.17) is 4.74 Å². The van der Waals surface area contributed by atoms with Crippen LogP contribution in [0, 0.1) is 0 Å². The van der Waals surface area contributed by atoms with Crippen LogP contribution in [-0.4, -0.2) is 12.2 Å². The SMILES string of the molecule is CCCCC1CC(C)O1. The molecule has 2 unspecified atom stereocenters. The van der Waals surface area contributed by atoms with E-state index in [2.05, 4.69) is 13.8 Å². The largest absolute Gasteiger partial charge is 0.375 e. The molecule has 54 valence electrons. The summed E-state index contributed by atoms with van der Waals surface area (Å²) < 4.78 is 5.44. The van der Waals surface area contributed by atoms with E-state index >= 15 is 0 Å². The summed E-state index contributed by atoms with van der Waals surface area (Å²) in [5.41, 5.74) is 0. The molecule has 0 amide bonds. The van der Waals surface area contributed by atoms with Crippen LogP contribution in [0.4, 0.5) is 0 Å². The third kappa shape index (κ3) is 1.98. The molecule has 1 saturated heterocycles. The Kier molecular flexibility index (Phi) is 2.52. The molecule has 0 saturated carbocycles. The molecule has 1 heteroatoms. The lowest BCUT2D eigenvalue weighted by atomic mass is 10.0. The second-order valence-corrected chi connectivity index (χ2v) is 2.95. The van der Waals surface area contributed by atoms with Crippen LogP contribution in [0.25, 0.3) is 0 Å². The zero-order valence-electron chi connectivity index (χ0n) is 6.39. The van der Waals surface area contributed by atoms with Crippen molar-refractivity contribution in [2.24, 2.45) is 0 Å². The van der Waals surface area contributed by atoms with Gasteiger partial charge in [-0.3, -0.25) is 0 Å². The van der Waals surface area contributed by atoms with Crippen LogP contribution in [0.3, 0.4) is 0 Å². The molecule has 0 aromatic rings. The number of hydrogen-bond acceptors (Lipinski definition) is 1. The lowest BCUT2D eigenvalue weighted by Crippen LogP contribution is -2.34. The predicted molar refractivity (Wildman–Crippen MR) is 38.5 cm³/mol. The van der Waals surface area contributed by atoms with E-state index in [1.165, 1.54) is 25.7 Å². The van der Waals surface area contributed by atoms with Crippen molar-refractivity contribution in [2.75, 3.05) is 0 Å². The molecule has 0 radical (unpaired) electrons. The van der Waals surface area contributed by atoms with Crippen LogP contribution in [0.2, 0.25) is 0 Å². The highest BCUT2D eigenvalue weighted by atomic mass is 16.5. The molecule has 1 fully saturated rings. The zero-order chi connectivity index (χ0) is 6.69. The Morgan fingerprint density at radius 1 is 1.56 bits per heavy atom. The normalized spacial score (nSPS) is 34.0. The van der Waals surface area contributed by atoms with E-state index in [0.717, 1.165) is 0 Å². The van der Waals surface area contributed by atoms with Crippen molar-refractivity contribution in [1.82, 2.24) is 0 Å². The maximum atomic E-state index is 5.44. The van der Waals surface area contributed by atoms with E-state index in [1.807, 2.05) is 0 Å². The van der Waals surface area contributed by atoms with Crippen molar-refractivity contribution in [2.45, 2.75) is 51.7 Å². The average Bonchev–Trinajstić information content (AvgIpc) is 1.78. The molecule has 1 nitrogen and oxygen atoms in total. The van der Waals surface area contributed by atoms with Crippen LogP contribution in [0.5, 0.6) is 0 Å². The highest BCUT2D eigenvalue weighted by Gasteiger charge is 2.24. The van der Waals surface area contributed by atoms with Gasteiger partial charge in [0, 0.05) is 0 Å². The van der Waals surface area contributed by atoms with Crippen molar-refractivity contribution in [3.8, 4) is 0 Å². The molecule has 1 aliphatic heterocycles. The highest BCUT2D eigenvalue weighted by Crippen LogP contribution is 2.23. The quantitative estimate of drug-likeness (QED) is 0.567. The first-order valence-corrected chi connectivity index (χ1v) is 3.98. The summed E-state index contributed by atoms with van der Waals surface area (Å²) in [5.74, 6) is 0. The summed E-state index contributed by atoms with van der Waals surface area (Å²) in [6.45, 7) is 4.37. The van der Waals surface area contributed by atoms with Gasteiger partial charge in [0.25, 0.3) is 0 Å². The van der Waals surface area contributed by atoms with Gasteiger partial charge >= 0.3 is 0 Å². The molecule has 0 spiro atoms. The van der Waals surface area contributed by atoms with E-state index in [9.17, 15) is 0 Å². The van der Waals surface area contributed by atoms with Crippen LogP contribution < -0.4 is 0 Å². The Bertz CT molecular complexity index is 74.6. The van der Waals surface area contributed by atoms with Crippen LogP contribution in [0.15, 0.2) is 0 Å². The Morgan fingerprint density at radius 3 is 2.67 bits per heavy atom. The Hall–Kier alpha value is -0.0400. The van der Waals surface area contributed by atoms with Gasteiger partial charge < -0.3 is 4.74 Å². The first-order chi connectivity index (χ1) is 4.33. The Labute approximate surface area is 57.4 Å². The molecule has 1 rings (SSSR count). The molecule has 0 N–H and O–H groups in total. The first kappa shape index (κ1) is 7.07. The topological polar surface area (TPSA) is 9.23 Å². The van der Waals surface area contributed by atoms with Crippen molar-refractivity contribution < 1.29 is 4.74 Å². The van der Waals surface area contributed by atoms with Gasteiger partial charge in [0.1, 0.15) is 0 Å². The fourth-order valence-corrected chi connectivity index (χ4v) is 1.31. The maximum Gasteiger partial charge on any atom is 0.0603 e. The molecule has 9 heavy (non-hydrogen) atoms. The van der Waals surface area contributed by atoms with Crippen molar-refractivity contribution in [1.29, 1.82) is 0 Å². The van der Waals surface area contributed by atoms with Gasteiger partial charge in [-0.15, -0.1) is 0 Å². The van der Waals surface area contributed by atoms with Crippen LogP contribution in [-0.2, 0) is 4.74 Å². The summed E-state index contributed by atoms with van der Waals surface area (Å²) in [4.78, 5) is 0. The van der Waals surface area contributed by atoms with E-state index in [1.54, 1.807) is 0 Å². The molecule has 0 aromatic carbocycles. The molecule has 1 heterocycles. The first-order valence-electron chi connectivity index (χ1n) is 3.98. The second kappa shape index (κ2) is 3.21. The number of unbranched alkanes of at least 4 members (excludes halogenated alkanes) is 1. The fourth-order valence-electron chi connectivity index (χ4n) is 1.31. The summed E-state index contributed by atoms with van der Waals surface area (Å²) in [7, 11) is 0. The summed E-state index contributed by atoms with van der Waals surface area (Å²) in [6.07, 6.45) is 6.36. The van der Waals surface area contributed by atoms with E-state index in [-0.39, 0.29) is 0 Å². The van der Waals surface area contributed by atoms with Gasteiger partial charge in [-0.1, -0.05) is 19.8 Å². The van der Waals surface area contributed by atoms with Crippen LogP contribution in [0.1, 0.15) is 39.5 Å². The molecule has 0 aliphatic carbocycles. The van der Waals surface area contributed by atoms with Gasteiger partial charge in [0.2, 0.25) is 0 Å². The summed E-state index contributed by atoms with van der Waals surface area (Å²) in [6, 6.07) is 0. The molecule has 0 bridgehead atoms. The van der Waals surface area contributed by atoms with Crippen molar-refractivity contribution >= 4 is 0 Å². The van der Waals surface area contributed by atoms with Gasteiger partial charge in [0.15, 0.2) is 0 Å². The fraction of sp³-hybridized carbons (Fsp3) is 1.00. The summed E-state index contributed by atoms with van der Waals surface area (Å²) >= 11 is 0. The summed E-state index contributed by atoms with van der Waals surface area (Å²) in [5, 5.41) is 0. The Balaban J connectivity index is 1.91. The third-order valence-electron chi connectivity index (χ3n) is 1.90. The van der Waals surface area contributed by atoms with E-state index < -0.39 is 0 Å². The monoisotopic (exact) mass is 128 g/mol.